The van der Waals surface area contributed by atoms with Crippen LogP contribution in [0.2, 0.25) is 0 Å². The average Bonchev–Trinajstić information content (AvgIpc) is 2.86. The lowest BCUT2D eigenvalue weighted by Gasteiger charge is -2.30. The summed E-state index contributed by atoms with van der Waals surface area (Å²) in [6.07, 6.45) is 6.13. The fourth-order valence-corrected chi connectivity index (χ4v) is 2.93. The third-order valence-electron chi connectivity index (χ3n) is 4.38. The Morgan fingerprint density at radius 3 is 2.72 bits per heavy atom. The molecule has 2 aliphatic rings. The maximum absolute atomic E-state index is 12.0. The average molecular weight is 253 g/mol. The van der Waals surface area contributed by atoms with E-state index < -0.39 is 0 Å². The minimum absolute atomic E-state index is 0.00900. The first-order valence-electron chi connectivity index (χ1n) is 6.93. The fourth-order valence-electron chi connectivity index (χ4n) is 2.93. The maximum Gasteiger partial charge on any atom is 0.238 e. The van der Waals surface area contributed by atoms with Gasteiger partial charge in [0.25, 0.3) is 0 Å². The second-order valence-corrected chi connectivity index (χ2v) is 5.52. The van der Waals surface area contributed by atoms with E-state index in [1.165, 1.54) is 25.7 Å². The van der Waals surface area contributed by atoms with Crippen LogP contribution in [0.3, 0.4) is 0 Å². The van der Waals surface area contributed by atoms with E-state index in [-0.39, 0.29) is 24.4 Å². The van der Waals surface area contributed by atoms with Crippen molar-refractivity contribution in [3.05, 3.63) is 0 Å². The topological polar surface area (TPSA) is 70.2 Å². The molecule has 0 radical (unpaired) electrons. The summed E-state index contributed by atoms with van der Waals surface area (Å²) >= 11 is 0. The van der Waals surface area contributed by atoms with E-state index >= 15 is 0 Å². The van der Waals surface area contributed by atoms with Gasteiger partial charge in [-0.25, -0.2) is 0 Å². The molecule has 5 heteroatoms. The highest BCUT2D eigenvalue weighted by Crippen LogP contribution is 2.40. The highest BCUT2D eigenvalue weighted by atomic mass is 16.2. The van der Waals surface area contributed by atoms with Gasteiger partial charge >= 0.3 is 0 Å². The zero-order valence-electron chi connectivity index (χ0n) is 11.1. The van der Waals surface area contributed by atoms with Crippen LogP contribution in [0, 0.1) is 5.41 Å². The van der Waals surface area contributed by atoms with Crippen molar-refractivity contribution < 1.29 is 9.59 Å². The summed E-state index contributed by atoms with van der Waals surface area (Å²) in [7, 11) is 0. The van der Waals surface area contributed by atoms with Gasteiger partial charge in [-0.15, -0.1) is 0 Å². The molecule has 1 unspecified atom stereocenters. The number of hydrogen-bond acceptors (Lipinski definition) is 3. The number of amides is 2. The maximum atomic E-state index is 12.0. The van der Waals surface area contributed by atoms with Crippen molar-refractivity contribution in [3.63, 3.8) is 0 Å². The SMILES string of the molecule is CCC1(CNC(=O)C2CNC(=O)CN2)CCCC1. The van der Waals surface area contributed by atoms with Gasteiger partial charge in [-0.1, -0.05) is 19.8 Å². The summed E-state index contributed by atoms with van der Waals surface area (Å²) in [5.41, 5.74) is 0.313. The molecule has 1 saturated carbocycles. The van der Waals surface area contributed by atoms with Gasteiger partial charge in [-0.3, -0.25) is 14.9 Å². The van der Waals surface area contributed by atoms with Crippen molar-refractivity contribution in [1.82, 2.24) is 16.0 Å². The fraction of sp³-hybridized carbons (Fsp3) is 0.846. The molecule has 0 aromatic rings. The molecular weight excluding hydrogens is 230 g/mol. The molecule has 18 heavy (non-hydrogen) atoms. The van der Waals surface area contributed by atoms with Crippen LogP contribution in [0.1, 0.15) is 39.0 Å². The highest BCUT2D eigenvalue weighted by Gasteiger charge is 2.33. The van der Waals surface area contributed by atoms with Crippen molar-refractivity contribution in [1.29, 1.82) is 0 Å². The molecule has 0 bridgehead atoms. The van der Waals surface area contributed by atoms with E-state index in [4.69, 9.17) is 0 Å². The number of nitrogens with one attached hydrogen (secondary N) is 3. The minimum atomic E-state index is -0.280. The Morgan fingerprint density at radius 1 is 1.44 bits per heavy atom. The summed E-state index contributed by atoms with van der Waals surface area (Å²) in [5.74, 6) is -0.0328. The predicted octanol–water partition coefficient (Wildman–Crippen LogP) is 0.161. The summed E-state index contributed by atoms with van der Waals surface area (Å²) in [5, 5.41) is 8.70. The lowest BCUT2D eigenvalue weighted by atomic mass is 9.83. The predicted molar refractivity (Wildman–Crippen MR) is 69.0 cm³/mol. The van der Waals surface area contributed by atoms with E-state index in [0.29, 0.717) is 12.0 Å². The van der Waals surface area contributed by atoms with Gasteiger partial charge in [0.1, 0.15) is 6.04 Å². The Hall–Kier alpha value is -1.10. The van der Waals surface area contributed by atoms with Crippen molar-refractivity contribution in [2.75, 3.05) is 19.6 Å². The van der Waals surface area contributed by atoms with Crippen molar-refractivity contribution in [3.8, 4) is 0 Å². The Balaban J connectivity index is 1.79. The molecule has 5 nitrogen and oxygen atoms in total. The third kappa shape index (κ3) is 3.02. The lowest BCUT2D eigenvalue weighted by Crippen LogP contribution is -2.58. The Kier molecular flexibility index (Phi) is 4.22. The largest absolute Gasteiger partial charge is 0.354 e. The molecule has 1 heterocycles. The van der Waals surface area contributed by atoms with Gasteiger partial charge in [0.2, 0.25) is 11.8 Å². The quantitative estimate of drug-likeness (QED) is 0.668. The Bertz CT molecular complexity index is 314. The van der Waals surface area contributed by atoms with Crippen molar-refractivity contribution in [2.24, 2.45) is 5.41 Å². The molecule has 1 aliphatic carbocycles. The minimum Gasteiger partial charge on any atom is -0.354 e. The molecule has 2 fully saturated rings. The van der Waals surface area contributed by atoms with Crippen molar-refractivity contribution >= 4 is 11.8 Å². The van der Waals surface area contributed by atoms with E-state index in [9.17, 15) is 9.59 Å². The van der Waals surface area contributed by atoms with Crippen LogP contribution >= 0.6 is 0 Å². The molecule has 0 spiro atoms. The van der Waals surface area contributed by atoms with Crippen LogP contribution in [0.5, 0.6) is 0 Å². The van der Waals surface area contributed by atoms with Crippen LogP contribution < -0.4 is 16.0 Å². The van der Waals surface area contributed by atoms with Crippen molar-refractivity contribution in [2.45, 2.75) is 45.1 Å². The summed E-state index contributed by atoms with van der Waals surface area (Å²) < 4.78 is 0. The first-order valence-corrected chi connectivity index (χ1v) is 6.93. The van der Waals surface area contributed by atoms with Gasteiger partial charge < -0.3 is 10.6 Å². The van der Waals surface area contributed by atoms with Gasteiger partial charge in [-0.2, -0.15) is 0 Å². The molecule has 2 rings (SSSR count). The molecule has 0 aromatic carbocycles. The van der Waals surface area contributed by atoms with Crippen LogP contribution in [-0.2, 0) is 9.59 Å². The first-order chi connectivity index (χ1) is 8.65. The summed E-state index contributed by atoms with van der Waals surface area (Å²) in [6, 6.07) is -0.280. The number of piperazine rings is 1. The number of carbonyl (C=O) groups is 2. The molecule has 1 saturated heterocycles. The lowest BCUT2D eigenvalue weighted by molar-refractivity contribution is -0.126. The van der Waals surface area contributed by atoms with E-state index in [1.54, 1.807) is 0 Å². The Morgan fingerprint density at radius 2 is 2.17 bits per heavy atom. The molecular formula is C13H23N3O2. The number of carbonyl (C=O) groups excluding carboxylic acids is 2. The van der Waals surface area contributed by atoms with Gasteiger partial charge in [0, 0.05) is 13.1 Å². The first kappa shape index (κ1) is 13.3. The molecule has 2 amide bonds. The number of hydrogen-bond donors (Lipinski definition) is 3. The van der Waals surface area contributed by atoms with E-state index in [0.717, 1.165) is 13.0 Å². The molecule has 1 atom stereocenters. The second-order valence-electron chi connectivity index (χ2n) is 5.52. The zero-order valence-corrected chi connectivity index (χ0v) is 11.1. The summed E-state index contributed by atoms with van der Waals surface area (Å²) in [6.45, 7) is 3.60. The molecule has 0 aromatic heterocycles. The number of rotatable bonds is 4. The standard InChI is InChI=1S/C13H23N3O2/c1-2-13(5-3-4-6-13)9-16-12(18)10-7-15-11(17)8-14-10/h10,14H,2-9H2,1H3,(H,15,17)(H,16,18). The van der Waals surface area contributed by atoms with Crippen LogP contribution in [0.4, 0.5) is 0 Å². The van der Waals surface area contributed by atoms with Gasteiger partial charge in [-0.05, 0) is 24.7 Å². The van der Waals surface area contributed by atoms with E-state index in [1.807, 2.05) is 0 Å². The Labute approximate surface area is 108 Å². The zero-order chi connectivity index (χ0) is 13.0. The normalized spacial score (nSPS) is 26.7. The molecule has 1 aliphatic heterocycles. The van der Waals surface area contributed by atoms with Crippen LogP contribution in [0.15, 0.2) is 0 Å². The highest BCUT2D eigenvalue weighted by molar-refractivity contribution is 5.86. The molecule has 3 N–H and O–H groups in total. The third-order valence-corrected chi connectivity index (χ3v) is 4.38. The van der Waals surface area contributed by atoms with E-state index in [2.05, 4.69) is 22.9 Å². The second kappa shape index (κ2) is 5.69. The van der Waals surface area contributed by atoms with Crippen LogP contribution in [-0.4, -0.2) is 37.5 Å². The van der Waals surface area contributed by atoms with Gasteiger partial charge in [0.05, 0.1) is 6.54 Å². The van der Waals surface area contributed by atoms with Crippen LogP contribution in [0.25, 0.3) is 0 Å². The monoisotopic (exact) mass is 253 g/mol. The van der Waals surface area contributed by atoms with Gasteiger partial charge in [0.15, 0.2) is 0 Å². The smallest absolute Gasteiger partial charge is 0.238 e. The summed E-state index contributed by atoms with van der Waals surface area (Å²) in [4.78, 5) is 23.0. The molecule has 102 valence electrons.